The van der Waals surface area contributed by atoms with Gasteiger partial charge in [0.25, 0.3) is 5.91 Å². The van der Waals surface area contributed by atoms with Gasteiger partial charge in [-0.1, -0.05) is 29.5 Å². The monoisotopic (exact) mass is 321 g/mol. The molecule has 0 aliphatic heterocycles. The minimum atomic E-state index is -4.46. The van der Waals surface area contributed by atoms with E-state index >= 15 is 0 Å². The second-order valence-electron chi connectivity index (χ2n) is 3.70. The van der Waals surface area contributed by atoms with Gasteiger partial charge < -0.3 is 5.32 Å². The van der Waals surface area contributed by atoms with Crippen LogP contribution in [0.4, 0.5) is 13.2 Å². The molecule has 0 spiro atoms. The van der Waals surface area contributed by atoms with Crippen LogP contribution in [0.25, 0.3) is 0 Å². The van der Waals surface area contributed by atoms with E-state index in [-0.39, 0.29) is 21.6 Å². The van der Waals surface area contributed by atoms with Crippen LogP contribution in [0.2, 0.25) is 4.47 Å². The normalized spacial score (nSPS) is 11.4. The minimum Gasteiger partial charge on any atom is -0.346 e. The van der Waals surface area contributed by atoms with Crippen LogP contribution in [0.3, 0.4) is 0 Å². The van der Waals surface area contributed by atoms with Crippen LogP contribution < -0.4 is 5.32 Å². The van der Waals surface area contributed by atoms with E-state index in [2.05, 4.69) is 15.5 Å². The molecule has 20 heavy (non-hydrogen) atoms. The number of benzene rings is 1. The number of carbonyl (C=O) groups is 1. The van der Waals surface area contributed by atoms with Crippen molar-refractivity contribution in [2.75, 3.05) is 0 Å². The van der Waals surface area contributed by atoms with Gasteiger partial charge in [-0.3, -0.25) is 4.79 Å². The van der Waals surface area contributed by atoms with Crippen LogP contribution in [0.15, 0.2) is 24.3 Å². The number of aromatic nitrogens is 2. The molecule has 0 bridgehead atoms. The van der Waals surface area contributed by atoms with Gasteiger partial charge in [-0.15, -0.1) is 10.2 Å². The van der Waals surface area contributed by atoms with Gasteiger partial charge in [-0.05, 0) is 23.2 Å². The van der Waals surface area contributed by atoms with E-state index in [0.29, 0.717) is 0 Å². The third kappa shape index (κ3) is 3.45. The molecule has 0 fully saturated rings. The van der Waals surface area contributed by atoms with Crippen LogP contribution in [0.1, 0.15) is 20.9 Å². The van der Waals surface area contributed by atoms with Gasteiger partial charge in [0.2, 0.25) is 9.47 Å². The molecule has 1 aromatic carbocycles. The second-order valence-corrected chi connectivity index (χ2v) is 5.26. The second kappa shape index (κ2) is 5.76. The highest BCUT2D eigenvalue weighted by Crippen LogP contribution is 2.31. The van der Waals surface area contributed by atoms with Crippen molar-refractivity contribution in [1.29, 1.82) is 0 Å². The fourth-order valence-electron chi connectivity index (χ4n) is 1.50. The maximum absolute atomic E-state index is 12.7. The number of nitrogens with one attached hydrogen (secondary N) is 1. The van der Waals surface area contributed by atoms with Crippen LogP contribution in [0, 0.1) is 0 Å². The summed E-state index contributed by atoms with van der Waals surface area (Å²) in [5.74, 6) is -0.619. The number of rotatable bonds is 3. The third-order valence-corrected chi connectivity index (χ3v) is 3.37. The molecule has 2 aromatic rings. The first-order valence-corrected chi connectivity index (χ1v) is 6.49. The summed E-state index contributed by atoms with van der Waals surface area (Å²) in [5.41, 5.74) is -0.806. The average molecular weight is 322 g/mol. The first-order chi connectivity index (χ1) is 9.38. The molecule has 0 saturated carbocycles. The van der Waals surface area contributed by atoms with E-state index in [1.807, 2.05) is 0 Å². The van der Waals surface area contributed by atoms with Crippen LogP contribution in [-0.4, -0.2) is 16.1 Å². The maximum atomic E-state index is 12.7. The summed E-state index contributed by atoms with van der Waals surface area (Å²) in [5, 5.41) is 9.30. The van der Waals surface area contributed by atoms with Gasteiger partial charge in [0.15, 0.2) is 0 Å². The van der Waals surface area contributed by atoms with Gasteiger partial charge in [-0.25, -0.2) is 0 Å². The Hall–Kier alpha value is -1.67. The van der Waals surface area contributed by atoms with E-state index < -0.39 is 17.6 Å². The molecule has 0 radical (unpaired) electrons. The SMILES string of the molecule is O=C(NCc1ccccc1C(F)(F)F)c1nnc(Cl)s1. The van der Waals surface area contributed by atoms with E-state index in [1.54, 1.807) is 0 Å². The zero-order chi connectivity index (χ0) is 14.8. The zero-order valence-corrected chi connectivity index (χ0v) is 11.3. The lowest BCUT2D eigenvalue weighted by Gasteiger charge is -2.12. The lowest BCUT2D eigenvalue weighted by atomic mass is 10.1. The number of hydrogen-bond donors (Lipinski definition) is 1. The van der Waals surface area contributed by atoms with Crippen molar-refractivity contribution in [2.24, 2.45) is 0 Å². The maximum Gasteiger partial charge on any atom is 0.416 e. The fraction of sp³-hybridized carbons (Fsp3) is 0.182. The van der Waals surface area contributed by atoms with Crippen molar-refractivity contribution >= 4 is 28.8 Å². The summed E-state index contributed by atoms with van der Waals surface area (Å²) in [6.45, 7) is -0.258. The molecular formula is C11H7ClF3N3OS. The molecule has 0 aliphatic rings. The van der Waals surface area contributed by atoms with E-state index in [0.717, 1.165) is 17.4 Å². The van der Waals surface area contributed by atoms with Crippen molar-refractivity contribution in [3.8, 4) is 0 Å². The highest BCUT2D eigenvalue weighted by Gasteiger charge is 2.32. The molecule has 1 heterocycles. The Labute approximate surface area is 120 Å². The van der Waals surface area contributed by atoms with Crippen molar-refractivity contribution in [2.45, 2.75) is 12.7 Å². The summed E-state index contributed by atoms with van der Waals surface area (Å²) >= 11 is 6.37. The molecule has 9 heteroatoms. The van der Waals surface area contributed by atoms with Crippen LogP contribution >= 0.6 is 22.9 Å². The summed E-state index contributed by atoms with van der Waals surface area (Å²) in [4.78, 5) is 11.6. The smallest absolute Gasteiger partial charge is 0.346 e. The number of amides is 1. The summed E-state index contributed by atoms with van der Waals surface area (Å²) in [7, 11) is 0. The predicted molar refractivity (Wildman–Crippen MR) is 67.5 cm³/mol. The van der Waals surface area contributed by atoms with E-state index in [1.165, 1.54) is 18.2 Å². The van der Waals surface area contributed by atoms with Gasteiger partial charge in [0.1, 0.15) is 0 Å². The summed E-state index contributed by atoms with van der Waals surface area (Å²) in [6.07, 6.45) is -4.46. The Kier molecular flexibility index (Phi) is 4.24. The first kappa shape index (κ1) is 14.7. The first-order valence-electron chi connectivity index (χ1n) is 5.30. The van der Waals surface area contributed by atoms with Gasteiger partial charge in [0, 0.05) is 6.54 Å². The molecule has 1 N–H and O–H groups in total. The molecule has 0 aliphatic carbocycles. The summed E-state index contributed by atoms with van der Waals surface area (Å²) in [6, 6.07) is 5.02. The van der Waals surface area contributed by atoms with Crippen molar-refractivity contribution in [1.82, 2.24) is 15.5 Å². The summed E-state index contributed by atoms with van der Waals surface area (Å²) < 4.78 is 38.3. The van der Waals surface area contributed by atoms with Gasteiger partial charge in [-0.2, -0.15) is 13.2 Å². The number of carbonyl (C=O) groups excluding carboxylic acids is 1. The average Bonchev–Trinajstić information content (AvgIpc) is 2.82. The number of nitrogens with zero attached hydrogens (tertiary/aromatic N) is 2. The highest BCUT2D eigenvalue weighted by atomic mass is 35.5. The van der Waals surface area contributed by atoms with Crippen LogP contribution in [0.5, 0.6) is 0 Å². The molecule has 0 saturated heterocycles. The molecule has 106 valence electrons. The van der Waals surface area contributed by atoms with Gasteiger partial charge in [0.05, 0.1) is 5.56 Å². The van der Waals surface area contributed by atoms with Crippen molar-refractivity contribution in [3.05, 3.63) is 44.9 Å². The fourth-order valence-corrected chi connectivity index (χ4v) is 2.24. The number of halogens is 4. The van der Waals surface area contributed by atoms with E-state index in [9.17, 15) is 18.0 Å². The Bertz CT molecular complexity index is 629. The molecule has 4 nitrogen and oxygen atoms in total. The zero-order valence-electron chi connectivity index (χ0n) is 9.74. The van der Waals surface area contributed by atoms with Crippen molar-refractivity contribution < 1.29 is 18.0 Å². The highest BCUT2D eigenvalue weighted by molar-refractivity contribution is 7.17. The Morgan fingerprint density at radius 2 is 2.00 bits per heavy atom. The molecule has 1 amide bonds. The standard InChI is InChI=1S/C11H7ClF3N3OS/c12-10-18-17-9(20-10)8(19)16-5-6-3-1-2-4-7(6)11(13,14)15/h1-4H,5H2,(H,16,19). The van der Waals surface area contributed by atoms with Gasteiger partial charge >= 0.3 is 6.18 Å². The molecule has 0 unspecified atom stereocenters. The number of hydrogen-bond acceptors (Lipinski definition) is 4. The Morgan fingerprint density at radius 1 is 1.30 bits per heavy atom. The third-order valence-electron chi connectivity index (χ3n) is 2.36. The Morgan fingerprint density at radius 3 is 2.60 bits per heavy atom. The van der Waals surface area contributed by atoms with E-state index in [4.69, 9.17) is 11.6 Å². The largest absolute Gasteiger partial charge is 0.416 e. The lowest BCUT2D eigenvalue weighted by Crippen LogP contribution is -2.24. The molecule has 1 aromatic heterocycles. The molecule has 0 atom stereocenters. The molecule has 2 rings (SSSR count). The quantitative estimate of drug-likeness (QED) is 0.945. The number of alkyl halides is 3. The molecular weight excluding hydrogens is 315 g/mol. The van der Waals surface area contributed by atoms with Crippen LogP contribution in [-0.2, 0) is 12.7 Å². The predicted octanol–water partition coefficient (Wildman–Crippen LogP) is 3.14. The lowest BCUT2D eigenvalue weighted by molar-refractivity contribution is -0.138. The Balaban J connectivity index is 2.10. The topological polar surface area (TPSA) is 54.9 Å². The van der Waals surface area contributed by atoms with Crippen molar-refractivity contribution in [3.63, 3.8) is 0 Å². The minimum absolute atomic E-state index is 0.000472.